The lowest BCUT2D eigenvalue weighted by molar-refractivity contribution is 0.0284. The fraction of sp³-hybridized carbons (Fsp3) is 0.632. The Morgan fingerprint density at radius 3 is 2.57 bits per heavy atom. The van der Waals surface area contributed by atoms with E-state index in [1.54, 1.807) is 0 Å². The van der Waals surface area contributed by atoms with E-state index in [4.69, 9.17) is 12.2 Å². The van der Waals surface area contributed by atoms with Crippen LogP contribution in [-0.4, -0.2) is 34.7 Å². The van der Waals surface area contributed by atoms with Crippen molar-refractivity contribution in [2.75, 3.05) is 11.9 Å². The zero-order chi connectivity index (χ0) is 16.2. The summed E-state index contributed by atoms with van der Waals surface area (Å²) < 4.78 is 0. The van der Waals surface area contributed by atoms with E-state index in [0.717, 1.165) is 22.9 Å². The number of piperidine rings is 2. The van der Waals surface area contributed by atoms with Crippen LogP contribution in [0.4, 0.5) is 5.69 Å². The Morgan fingerprint density at radius 2 is 1.91 bits per heavy atom. The topological polar surface area (TPSA) is 27.3 Å². The average Bonchev–Trinajstić information content (AvgIpc) is 2.50. The highest BCUT2D eigenvalue weighted by Crippen LogP contribution is 2.34. The number of hydrogen-bond acceptors (Lipinski definition) is 2. The van der Waals surface area contributed by atoms with Crippen molar-refractivity contribution in [1.29, 1.82) is 0 Å². The summed E-state index contributed by atoms with van der Waals surface area (Å²) >= 11 is 5.55. The van der Waals surface area contributed by atoms with Crippen molar-refractivity contribution in [3.05, 3.63) is 29.8 Å². The lowest BCUT2D eigenvalue weighted by Gasteiger charge is -2.49. The third-order valence-electron chi connectivity index (χ3n) is 5.34. The van der Waals surface area contributed by atoms with Gasteiger partial charge in [0.05, 0.1) is 0 Å². The smallest absolute Gasteiger partial charge is 0.171 e. The van der Waals surface area contributed by atoms with Gasteiger partial charge in [0.15, 0.2) is 5.11 Å². The summed E-state index contributed by atoms with van der Waals surface area (Å²) in [5.41, 5.74) is 2.33. The Kier molecular flexibility index (Phi) is 5.54. The first kappa shape index (κ1) is 16.7. The van der Waals surface area contributed by atoms with Gasteiger partial charge in [-0.1, -0.05) is 31.5 Å². The molecule has 1 aromatic rings. The standard InChI is InChI=1S/C19H29N3S/c1-3-11-22-16-8-6-9-17(22)13-15(12-16)20-19(23)21-18-10-5-4-7-14(18)2/h4-5,7,10,15-17H,3,6,8-9,11-13H2,1-2H3,(H2,20,21,23). The number of aryl methyl sites for hydroxylation is 1. The van der Waals surface area contributed by atoms with Gasteiger partial charge in [-0.2, -0.15) is 0 Å². The van der Waals surface area contributed by atoms with Gasteiger partial charge in [0.2, 0.25) is 0 Å². The van der Waals surface area contributed by atoms with Crippen LogP contribution in [0.25, 0.3) is 0 Å². The summed E-state index contributed by atoms with van der Waals surface area (Å²) in [4.78, 5) is 2.76. The van der Waals surface area contributed by atoms with Gasteiger partial charge < -0.3 is 10.6 Å². The number of benzene rings is 1. The van der Waals surface area contributed by atoms with Gasteiger partial charge in [-0.05, 0) is 69.4 Å². The molecule has 0 radical (unpaired) electrons. The molecule has 1 aromatic carbocycles. The fourth-order valence-electron chi connectivity index (χ4n) is 4.28. The van der Waals surface area contributed by atoms with Gasteiger partial charge in [-0.3, -0.25) is 4.90 Å². The highest BCUT2D eigenvalue weighted by atomic mass is 32.1. The van der Waals surface area contributed by atoms with Gasteiger partial charge in [-0.25, -0.2) is 0 Å². The Balaban J connectivity index is 1.57. The van der Waals surface area contributed by atoms with E-state index >= 15 is 0 Å². The molecule has 23 heavy (non-hydrogen) atoms. The fourth-order valence-corrected chi connectivity index (χ4v) is 4.55. The molecule has 2 bridgehead atoms. The number of hydrogen-bond donors (Lipinski definition) is 2. The maximum absolute atomic E-state index is 5.55. The summed E-state index contributed by atoms with van der Waals surface area (Å²) in [6, 6.07) is 10.3. The number of nitrogens with zero attached hydrogens (tertiary/aromatic N) is 1. The molecule has 3 rings (SSSR count). The summed E-state index contributed by atoms with van der Waals surface area (Å²) in [5, 5.41) is 7.72. The number of nitrogens with one attached hydrogen (secondary N) is 2. The van der Waals surface area contributed by atoms with E-state index in [2.05, 4.69) is 47.6 Å². The molecule has 0 amide bonds. The first-order chi connectivity index (χ1) is 11.2. The maximum Gasteiger partial charge on any atom is 0.171 e. The highest BCUT2D eigenvalue weighted by molar-refractivity contribution is 7.80. The van der Waals surface area contributed by atoms with Crippen molar-refractivity contribution in [2.24, 2.45) is 0 Å². The second-order valence-electron chi connectivity index (χ2n) is 7.06. The third-order valence-corrected chi connectivity index (χ3v) is 5.56. The van der Waals surface area contributed by atoms with Crippen molar-refractivity contribution in [1.82, 2.24) is 10.2 Å². The summed E-state index contributed by atoms with van der Waals surface area (Å²) in [6.07, 6.45) is 7.82. The highest BCUT2D eigenvalue weighted by Gasteiger charge is 2.37. The molecule has 126 valence electrons. The molecule has 0 aliphatic carbocycles. The maximum atomic E-state index is 5.55. The molecule has 0 spiro atoms. The second-order valence-corrected chi connectivity index (χ2v) is 7.47. The average molecular weight is 332 g/mol. The normalized spacial score (nSPS) is 27.5. The van der Waals surface area contributed by atoms with Gasteiger partial charge in [-0.15, -0.1) is 0 Å². The second kappa shape index (κ2) is 7.63. The van der Waals surface area contributed by atoms with E-state index in [1.165, 1.54) is 50.6 Å². The number of fused-ring (bicyclic) bond motifs is 2. The van der Waals surface area contributed by atoms with Crippen LogP contribution in [0.15, 0.2) is 24.3 Å². The van der Waals surface area contributed by atoms with Crippen molar-refractivity contribution < 1.29 is 0 Å². The molecule has 2 N–H and O–H groups in total. The molecule has 2 saturated heterocycles. The Bertz CT molecular complexity index is 531. The molecule has 4 heteroatoms. The number of thiocarbonyl (C=S) groups is 1. The minimum Gasteiger partial charge on any atom is -0.360 e. The quantitative estimate of drug-likeness (QED) is 0.813. The van der Waals surface area contributed by atoms with Crippen LogP contribution in [0.2, 0.25) is 0 Å². The van der Waals surface area contributed by atoms with Crippen LogP contribution in [0.1, 0.15) is 51.0 Å². The minimum absolute atomic E-state index is 0.516. The van der Waals surface area contributed by atoms with Gasteiger partial charge in [0.25, 0.3) is 0 Å². The van der Waals surface area contributed by atoms with E-state index in [1.807, 2.05) is 6.07 Å². The van der Waals surface area contributed by atoms with Crippen LogP contribution >= 0.6 is 12.2 Å². The Morgan fingerprint density at radius 1 is 1.22 bits per heavy atom. The Labute approximate surface area is 145 Å². The lowest BCUT2D eigenvalue weighted by Crippen LogP contribution is -2.57. The first-order valence-electron chi connectivity index (χ1n) is 9.06. The molecular weight excluding hydrogens is 302 g/mol. The van der Waals surface area contributed by atoms with E-state index < -0.39 is 0 Å². The molecule has 2 aliphatic heterocycles. The molecular formula is C19H29N3S. The largest absolute Gasteiger partial charge is 0.360 e. The lowest BCUT2D eigenvalue weighted by atomic mass is 9.81. The van der Waals surface area contributed by atoms with Crippen LogP contribution in [0.3, 0.4) is 0 Å². The molecule has 0 saturated carbocycles. The van der Waals surface area contributed by atoms with E-state index in [0.29, 0.717) is 6.04 Å². The molecule has 2 unspecified atom stereocenters. The molecule has 2 heterocycles. The van der Waals surface area contributed by atoms with Crippen LogP contribution in [0.5, 0.6) is 0 Å². The number of anilines is 1. The van der Waals surface area contributed by atoms with Gasteiger partial charge in [0, 0.05) is 23.8 Å². The monoisotopic (exact) mass is 331 g/mol. The van der Waals surface area contributed by atoms with Crippen molar-refractivity contribution in [2.45, 2.75) is 70.5 Å². The van der Waals surface area contributed by atoms with Crippen molar-refractivity contribution in [3.8, 4) is 0 Å². The minimum atomic E-state index is 0.516. The molecule has 2 fully saturated rings. The van der Waals surface area contributed by atoms with Gasteiger partial charge >= 0.3 is 0 Å². The third kappa shape index (κ3) is 4.04. The molecule has 2 aliphatic rings. The van der Waals surface area contributed by atoms with Crippen LogP contribution in [-0.2, 0) is 0 Å². The van der Waals surface area contributed by atoms with E-state index in [-0.39, 0.29) is 0 Å². The van der Waals surface area contributed by atoms with Crippen LogP contribution in [0, 0.1) is 6.92 Å². The summed E-state index contributed by atoms with van der Waals surface area (Å²) in [6.45, 7) is 5.66. The summed E-state index contributed by atoms with van der Waals surface area (Å²) in [7, 11) is 0. The predicted octanol–water partition coefficient (Wildman–Crippen LogP) is 4.08. The van der Waals surface area contributed by atoms with Crippen molar-refractivity contribution in [3.63, 3.8) is 0 Å². The molecule has 2 atom stereocenters. The molecule has 3 nitrogen and oxygen atoms in total. The molecule has 0 aromatic heterocycles. The Hall–Kier alpha value is -1.13. The first-order valence-corrected chi connectivity index (χ1v) is 9.47. The zero-order valence-corrected chi connectivity index (χ0v) is 15.2. The van der Waals surface area contributed by atoms with Gasteiger partial charge in [0.1, 0.15) is 0 Å². The zero-order valence-electron chi connectivity index (χ0n) is 14.3. The number of rotatable bonds is 4. The van der Waals surface area contributed by atoms with Crippen molar-refractivity contribution >= 4 is 23.0 Å². The number of para-hydroxylation sites is 1. The van der Waals surface area contributed by atoms with Crippen LogP contribution < -0.4 is 10.6 Å². The SMILES string of the molecule is CCCN1C2CCCC1CC(NC(=S)Nc1ccccc1C)C2. The summed E-state index contributed by atoms with van der Waals surface area (Å²) in [5.74, 6) is 0. The predicted molar refractivity (Wildman–Crippen MR) is 102 cm³/mol. The van der Waals surface area contributed by atoms with E-state index in [9.17, 15) is 0 Å².